The second kappa shape index (κ2) is 116. The molecule has 0 aliphatic rings. The molecule has 0 saturated heterocycles. The van der Waals surface area contributed by atoms with Crippen LogP contribution in [0.4, 0.5) is 0 Å². The van der Waals surface area contributed by atoms with Crippen LogP contribution in [-0.4, -0.2) is 10.2 Å². The molecule has 1 heteroatoms. The van der Waals surface area contributed by atoms with Crippen molar-refractivity contribution in [3.8, 4) is 38.5 Å². The predicted octanol–water partition coefficient (Wildman–Crippen LogP) is 0.148. The maximum Gasteiger partial charge on any atom is -0.000585 e. The van der Waals surface area contributed by atoms with Crippen LogP contribution in [0.1, 0.15) is 0 Å². The molecule has 0 unspecified atom stereocenters. The van der Waals surface area contributed by atoms with Crippen LogP contribution >= 0.6 is 0 Å². The molecule has 0 spiro atoms. The lowest BCUT2D eigenvalue weighted by Crippen LogP contribution is -1.13. The normalized spacial score (nSPS) is 1.88. The number of rotatable bonds is 0. The number of terminal acetylenes is 3. The van der Waals surface area contributed by atoms with Crippen molar-refractivity contribution in [2.24, 2.45) is 0 Å². The highest BCUT2D eigenvalue weighted by Crippen LogP contribution is 0.960. The third-order valence-corrected chi connectivity index (χ3v) is 0. The van der Waals surface area contributed by atoms with Crippen LogP contribution in [0, 0.1) is 38.5 Å². The molecule has 44 valence electrons. The molecule has 0 radical (unpaired) electrons. The molecular weight excluding hydrogens is 112 g/mol. The van der Waals surface area contributed by atoms with Crippen molar-refractivity contribution in [2.45, 2.75) is 6.55 Å². The lowest BCUT2D eigenvalue weighted by molar-refractivity contribution is 2.40. The largest absolute Gasteiger partial charge is 0.124 e. The van der Waals surface area contributed by atoms with Gasteiger partial charge in [0.05, 0.1) is 0 Å². The van der Waals surface area contributed by atoms with Gasteiger partial charge in [0.25, 0.3) is 0 Å². The lowest BCUT2D eigenvalue weighted by Gasteiger charge is -1.04. The summed E-state index contributed by atoms with van der Waals surface area (Å²) in [6.07, 6.45) is 24.0. The van der Waals surface area contributed by atoms with E-state index >= 15 is 0 Å². The van der Waals surface area contributed by atoms with Crippen LogP contribution in [0.25, 0.3) is 0 Å². The smallest absolute Gasteiger partial charge is 0.000585 e. The summed E-state index contributed by atoms with van der Waals surface area (Å²) in [6, 6.07) is 0. The third-order valence-electron chi connectivity index (χ3n) is 0. The Kier molecular flexibility index (Phi) is 415. The molecule has 0 amide bonds. The van der Waals surface area contributed by atoms with E-state index in [4.69, 9.17) is 0 Å². The minimum Gasteiger partial charge on any atom is -0.124 e. The van der Waals surface area contributed by atoms with E-state index in [2.05, 4.69) is 45.1 Å². The quantitative estimate of drug-likeness (QED) is 0.318. The highest BCUT2D eigenvalue weighted by atomic mass is 28.1. The van der Waals surface area contributed by atoms with Crippen LogP contribution in [0.3, 0.4) is 0 Å². The van der Waals surface area contributed by atoms with E-state index in [9.17, 15) is 0 Å². The fourth-order valence-electron chi connectivity index (χ4n) is 0. The summed E-state index contributed by atoms with van der Waals surface area (Å²) >= 11 is 0. The minimum absolute atomic E-state index is 1.31. The molecule has 8 heavy (non-hydrogen) atoms. The van der Waals surface area contributed by atoms with Gasteiger partial charge in [-0.25, -0.2) is 0 Å². The van der Waals surface area contributed by atoms with Gasteiger partial charge in [-0.2, -0.15) is 0 Å². The average molecular weight is 124 g/mol. The topological polar surface area (TPSA) is 0 Å². The van der Waals surface area contributed by atoms with Crippen molar-refractivity contribution in [1.29, 1.82) is 0 Å². The molecule has 0 atom stereocenters. The molecule has 0 heterocycles. The highest BCUT2D eigenvalue weighted by molar-refractivity contribution is 6.05. The molecule has 0 bridgehead atoms. The molecule has 0 aromatic rings. The van der Waals surface area contributed by atoms with Gasteiger partial charge < -0.3 is 0 Å². The average Bonchev–Trinajstić information content (AvgIpc) is 2.03. The number of hydrogen-bond donors (Lipinski definition) is 0. The maximum atomic E-state index is 4.00. The summed E-state index contributed by atoms with van der Waals surface area (Å²) < 4.78 is 0. The van der Waals surface area contributed by atoms with Crippen LogP contribution in [0.5, 0.6) is 0 Å². The third kappa shape index (κ3) is 61.1. The summed E-state index contributed by atoms with van der Waals surface area (Å²) in [5, 5.41) is 0. The Morgan fingerprint density at radius 2 is 0.625 bits per heavy atom. The Balaban J connectivity index is -0.0000000133. The van der Waals surface area contributed by atoms with Crippen molar-refractivity contribution in [1.82, 2.24) is 0 Å². The predicted molar refractivity (Wildman–Crippen MR) is 45.5 cm³/mol. The van der Waals surface area contributed by atoms with Crippen LogP contribution in [0.2, 0.25) is 6.55 Å². The first-order chi connectivity index (χ1) is 4.00. The molecule has 0 aliphatic carbocycles. The van der Waals surface area contributed by atoms with E-state index in [0.717, 1.165) is 0 Å². The standard InChI is InChI=1S/3C2H2.CH6Si/c4*1-2/h3*1-2H;1-2H3. The molecule has 0 nitrogen and oxygen atoms in total. The molecule has 0 N–H and O–H groups in total. The molecular formula is C7H12Si. The summed E-state index contributed by atoms with van der Waals surface area (Å²) in [4.78, 5) is 0. The minimum atomic E-state index is 1.31. The van der Waals surface area contributed by atoms with Crippen molar-refractivity contribution in [3.63, 3.8) is 0 Å². The number of hydrogen-bond acceptors (Lipinski definition) is 0. The van der Waals surface area contributed by atoms with E-state index < -0.39 is 0 Å². The van der Waals surface area contributed by atoms with Gasteiger partial charge in [0, 0.05) is 0 Å². The molecule has 0 fully saturated rings. The summed E-state index contributed by atoms with van der Waals surface area (Å²) in [5.41, 5.74) is 0. The van der Waals surface area contributed by atoms with Crippen molar-refractivity contribution < 1.29 is 0 Å². The van der Waals surface area contributed by atoms with Gasteiger partial charge in [-0.3, -0.25) is 0 Å². The first kappa shape index (κ1) is 28.6. The van der Waals surface area contributed by atoms with Crippen molar-refractivity contribution in [2.75, 3.05) is 0 Å². The Morgan fingerprint density at radius 3 is 0.625 bits per heavy atom. The van der Waals surface area contributed by atoms with E-state index in [1.807, 2.05) is 0 Å². The molecule has 0 rings (SSSR count). The van der Waals surface area contributed by atoms with Crippen molar-refractivity contribution in [3.05, 3.63) is 0 Å². The Bertz CT molecular complexity index is 32.9. The zero-order valence-corrected chi connectivity index (χ0v) is 7.46. The van der Waals surface area contributed by atoms with Crippen LogP contribution < -0.4 is 0 Å². The van der Waals surface area contributed by atoms with E-state index in [0.29, 0.717) is 0 Å². The maximum absolute atomic E-state index is 4.00. The first-order valence-electron chi connectivity index (χ1n) is 2.00. The Labute approximate surface area is 56.1 Å². The highest BCUT2D eigenvalue weighted by Gasteiger charge is 0.962. The van der Waals surface area contributed by atoms with Crippen molar-refractivity contribution >= 4 is 10.2 Å². The van der Waals surface area contributed by atoms with Gasteiger partial charge in [0.1, 0.15) is 0 Å². The van der Waals surface area contributed by atoms with Gasteiger partial charge in [0.15, 0.2) is 0 Å². The zero-order chi connectivity index (χ0) is 8.00. The van der Waals surface area contributed by atoms with E-state index in [-0.39, 0.29) is 0 Å². The van der Waals surface area contributed by atoms with Crippen LogP contribution in [0.15, 0.2) is 0 Å². The van der Waals surface area contributed by atoms with Gasteiger partial charge in [-0.15, -0.1) is 38.5 Å². The van der Waals surface area contributed by atoms with Gasteiger partial charge >= 0.3 is 0 Å². The SMILES string of the molecule is C#C.C#C.C#C.C[SiH3]. The Hall–Kier alpha value is -1.10. The van der Waals surface area contributed by atoms with Gasteiger partial charge in [-0.05, 0) is 10.2 Å². The second-order valence-corrected chi connectivity index (χ2v) is 0. The molecule has 0 aromatic heterocycles. The first-order valence-corrected chi connectivity index (χ1v) is 4.00. The van der Waals surface area contributed by atoms with Gasteiger partial charge in [-0.1, -0.05) is 6.55 Å². The van der Waals surface area contributed by atoms with E-state index in [1.54, 1.807) is 0 Å². The molecule has 0 aliphatic heterocycles. The summed E-state index contributed by atoms with van der Waals surface area (Å²) in [5.74, 6) is 0. The summed E-state index contributed by atoms with van der Waals surface area (Å²) in [6.45, 7) is 2.14. The lowest BCUT2D eigenvalue weighted by atomic mass is 11.4. The van der Waals surface area contributed by atoms with Crippen LogP contribution in [-0.2, 0) is 0 Å². The van der Waals surface area contributed by atoms with E-state index in [1.165, 1.54) is 10.2 Å². The second-order valence-electron chi connectivity index (χ2n) is 0. The fraction of sp³-hybridized carbons (Fsp3) is 0.143. The zero-order valence-electron chi connectivity index (χ0n) is 5.46. The Morgan fingerprint density at radius 1 is 0.625 bits per heavy atom. The molecule has 0 aromatic carbocycles. The van der Waals surface area contributed by atoms with Gasteiger partial charge in [0.2, 0.25) is 0 Å². The summed E-state index contributed by atoms with van der Waals surface area (Å²) in [7, 11) is 1.31. The fourth-order valence-corrected chi connectivity index (χ4v) is 0. The monoisotopic (exact) mass is 124 g/mol. The molecule has 0 saturated carbocycles.